The molecule has 2 N–H and O–H groups in total. The van der Waals surface area contributed by atoms with Crippen LogP contribution in [0, 0.1) is 0 Å². The summed E-state index contributed by atoms with van der Waals surface area (Å²) in [6.07, 6.45) is 0.557. The number of hydrogen-bond donors (Lipinski definition) is 1. The average molecular weight is 266 g/mol. The topological polar surface area (TPSA) is 55.6 Å². The number of nitrogens with two attached hydrogens (primary N) is 1. The first-order chi connectivity index (χ1) is 8.74. The van der Waals surface area contributed by atoms with Crippen LogP contribution in [0.2, 0.25) is 0 Å². The first-order valence-corrected chi connectivity index (χ1v) is 7.00. The van der Waals surface area contributed by atoms with Crippen LogP contribution in [0.1, 0.15) is 6.42 Å². The van der Waals surface area contributed by atoms with Crippen molar-refractivity contribution in [2.75, 3.05) is 30.9 Å². The number of nitrogens with zero attached hydrogens (tertiary/aromatic N) is 1. The number of para-hydroxylation sites is 1. The van der Waals surface area contributed by atoms with Gasteiger partial charge >= 0.3 is 0 Å². The molecule has 1 aliphatic rings. The molecule has 2 rings (SSSR count). The van der Waals surface area contributed by atoms with E-state index in [1.165, 1.54) is 0 Å². The largest absolute Gasteiger partial charge is 0.385 e. The first kappa shape index (κ1) is 13.4. The molecule has 1 atom stereocenters. The van der Waals surface area contributed by atoms with Gasteiger partial charge in [0.05, 0.1) is 11.7 Å². The van der Waals surface area contributed by atoms with E-state index in [1.807, 2.05) is 24.3 Å². The third-order valence-electron chi connectivity index (χ3n) is 2.94. The van der Waals surface area contributed by atoms with Gasteiger partial charge in [-0.3, -0.25) is 4.79 Å². The quantitative estimate of drug-likeness (QED) is 0.897. The number of ether oxygens (including phenoxy) is 1. The van der Waals surface area contributed by atoms with Gasteiger partial charge in [-0.05, 0) is 18.6 Å². The second-order valence-electron chi connectivity index (χ2n) is 4.19. The Morgan fingerprint density at radius 2 is 2.33 bits per heavy atom. The molecule has 1 aliphatic heterocycles. The maximum absolute atomic E-state index is 12.3. The van der Waals surface area contributed by atoms with E-state index in [2.05, 4.69) is 0 Å². The summed E-state index contributed by atoms with van der Waals surface area (Å²) >= 11 is 1.78. The molecule has 98 valence electrons. The highest BCUT2D eigenvalue weighted by Gasteiger charge is 2.26. The van der Waals surface area contributed by atoms with Crippen molar-refractivity contribution in [3.63, 3.8) is 0 Å². The van der Waals surface area contributed by atoms with E-state index in [1.54, 1.807) is 23.8 Å². The number of thioether (sulfide) groups is 1. The maximum Gasteiger partial charge on any atom is 0.244 e. The van der Waals surface area contributed by atoms with Crippen molar-refractivity contribution in [2.24, 2.45) is 5.73 Å². The second kappa shape index (κ2) is 6.22. The van der Waals surface area contributed by atoms with Gasteiger partial charge < -0.3 is 15.4 Å². The monoisotopic (exact) mass is 266 g/mol. The van der Waals surface area contributed by atoms with Crippen LogP contribution in [-0.2, 0) is 9.53 Å². The van der Waals surface area contributed by atoms with Gasteiger partial charge in [0.1, 0.15) is 0 Å². The molecule has 1 unspecified atom stereocenters. The van der Waals surface area contributed by atoms with E-state index in [-0.39, 0.29) is 5.91 Å². The van der Waals surface area contributed by atoms with E-state index in [9.17, 15) is 4.79 Å². The van der Waals surface area contributed by atoms with Crippen molar-refractivity contribution >= 4 is 23.4 Å². The predicted molar refractivity (Wildman–Crippen MR) is 74.0 cm³/mol. The Labute approximate surface area is 111 Å². The summed E-state index contributed by atoms with van der Waals surface area (Å²) in [5.41, 5.74) is 6.89. The number of rotatable bonds is 4. The highest BCUT2D eigenvalue weighted by atomic mass is 32.2. The molecule has 1 aromatic rings. The van der Waals surface area contributed by atoms with Crippen molar-refractivity contribution < 1.29 is 9.53 Å². The average Bonchev–Trinajstić information content (AvgIpc) is 2.43. The Hall–Kier alpha value is -1.04. The zero-order valence-corrected chi connectivity index (χ0v) is 11.3. The van der Waals surface area contributed by atoms with Gasteiger partial charge in [-0.25, -0.2) is 0 Å². The van der Waals surface area contributed by atoms with Crippen LogP contribution in [0.5, 0.6) is 0 Å². The Kier molecular flexibility index (Phi) is 4.63. The number of hydrogen-bond acceptors (Lipinski definition) is 4. The number of benzene rings is 1. The molecule has 0 aromatic heterocycles. The van der Waals surface area contributed by atoms with Crippen LogP contribution in [-0.4, -0.2) is 38.0 Å². The molecule has 0 fully saturated rings. The van der Waals surface area contributed by atoms with Crippen molar-refractivity contribution in [3.8, 4) is 0 Å². The lowest BCUT2D eigenvalue weighted by Crippen LogP contribution is -2.46. The fourth-order valence-electron chi connectivity index (χ4n) is 1.97. The number of carbonyl (C=O) groups is 1. The summed E-state index contributed by atoms with van der Waals surface area (Å²) in [5, 5.41) is 0. The van der Waals surface area contributed by atoms with E-state index in [0.29, 0.717) is 13.0 Å². The summed E-state index contributed by atoms with van der Waals surface area (Å²) in [6.45, 7) is 1.23. The number of methoxy groups -OCH3 is 1. The molecule has 0 spiro atoms. The van der Waals surface area contributed by atoms with Crippen LogP contribution in [0.4, 0.5) is 5.69 Å². The summed E-state index contributed by atoms with van der Waals surface area (Å²) in [4.78, 5) is 15.2. The van der Waals surface area contributed by atoms with E-state index >= 15 is 0 Å². The molecule has 0 aliphatic carbocycles. The number of fused-ring (bicyclic) bond motifs is 1. The van der Waals surface area contributed by atoms with Crippen LogP contribution < -0.4 is 10.6 Å². The minimum atomic E-state index is -0.485. The van der Waals surface area contributed by atoms with Crippen LogP contribution in [0.25, 0.3) is 0 Å². The molecule has 1 amide bonds. The first-order valence-electron chi connectivity index (χ1n) is 6.01. The zero-order valence-electron chi connectivity index (χ0n) is 10.5. The fraction of sp³-hybridized carbons (Fsp3) is 0.462. The Morgan fingerprint density at radius 1 is 1.56 bits per heavy atom. The molecule has 0 bridgehead atoms. The highest BCUT2D eigenvalue weighted by Crippen LogP contribution is 2.34. The van der Waals surface area contributed by atoms with Gasteiger partial charge in [0, 0.05) is 30.9 Å². The smallest absolute Gasteiger partial charge is 0.244 e. The lowest BCUT2D eigenvalue weighted by molar-refractivity contribution is -0.120. The Bertz CT molecular complexity index is 425. The normalized spacial score (nSPS) is 16.2. The highest BCUT2D eigenvalue weighted by molar-refractivity contribution is 7.99. The molecular weight excluding hydrogens is 248 g/mol. The lowest BCUT2D eigenvalue weighted by Gasteiger charge is -2.30. The summed E-state index contributed by atoms with van der Waals surface area (Å²) < 4.78 is 4.96. The van der Waals surface area contributed by atoms with E-state index < -0.39 is 6.04 Å². The van der Waals surface area contributed by atoms with Gasteiger partial charge in [-0.2, -0.15) is 0 Å². The number of carbonyl (C=O) groups excluding carboxylic acids is 1. The van der Waals surface area contributed by atoms with E-state index in [0.717, 1.165) is 22.9 Å². The Balaban J connectivity index is 2.12. The van der Waals surface area contributed by atoms with Gasteiger partial charge in [0.15, 0.2) is 0 Å². The Morgan fingerprint density at radius 3 is 3.11 bits per heavy atom. The predicted octanol–water partition coefficient (Wildman–Crippen LogP) is 1.49. The molecule has 4 nitrogen and oxygen atoms in total. The molecule has 1 aromatic carbocycles. The van der Waals surface area contributed by atoms with Crippen molar-refractivity contribution in [1.82, 2.24) is 0 Å². The van der Waals surface area contributed by atoms with E-state index in [4.69, 9.17) is 10.5 Å². The standard InChI is InChI=1S/C13H18N2O2S/c1-17-8-6-10(14)13(16)15-7-9-18-12-5-3-2-4-11(12)15/h2-5,10H,6-9,14H2,1H3. The van der Waals surface area contributed by atoms with Gasteiger partial charge in [0.25, 0.3) is 0 Å². The molecule has 0 radical (unpaired) electrons. The SMILES string of the molecule is COCCC(N)C(=O)N1CCSc2ccccc21. The summed E-state index contributed by atoms with van der Waals surface area (Å²) in [6, 6.07) is 7.47. The number of amides is 1. The van der Waals surface area contributed by atoms with Crippen molar-refractivity contribution in [3.05, 3.63) is 24.3 Å². The van der Waals surface area contributed by atoms with Gasteiger partial charge in [-0.15, -0.1) is 11.8 Å². The minimum Gasteiger partial charge on any atom is -0.385 e. The van der Waals surface area contributed by atoms with Crippen LogP contribution >= 0.6 is 11.8 Å². The van der Waals surface area contributed by atoms with Crippen molar-refractivity contribution in [2.45, 2.75) is 17.4 Å². The van der Waals surface area contributed by atoms with Crippen LogP contribution in [0.15, 0.2) is 29.2 Å². The maximum atomic E-state index is 12.3. The molecular formula is C13H18N2O2S. The summed E-state index contributed by atoms with van der Waals surface area (Å²) in [7, 11) is 1.62. The zero-order chi connectivity index (χ0) is 13.0. The minimum absolute atomic E-state index is 0.0141. The molecule has 5 heteroatoms. The molecule has 0 saturated heterocycles. The molecule has 0 saturated carbocycles. The lowest BCUT2D eigenvalue weighted by atomic mass is 10.1. The van der Waals surface area contributed by atoms with Gasteiger partial charge in [-0.1, -0.05) is 12.1 Å². The second-order valence-corrected chi connectivity index (χ2v) is 5.33. The van der Waals surface area contributed by atoms with Crippen LogP contribution in [0.3, 0.4) is 0 Å². The third-order valence-corrected chi connectivity index (χ3v) is 3.99. The summed E-state index contributed by atoms with van der Waals surface area (Å²) in [5.74, 6) is 0.902. The molecule has 18 heavy (non-hydrogen) atoms. The van der Waals surface area contributed by atoms with Crippen molar-refractivity contribution in [1.29, 1.82) is 0 Å². The van der Waals surface area contributed by atoms with Gasteiger partial charge in [0.2, 0.25) is 5.91 Å². The fourth-order valence-corrected chi connectivity index (χ4v) is 2.96. The number of anilines is 1. The molecule has 1 heterocycles. The third kappa shape index (κ3) is 2.85.